The first-order valence-corrected chi connectivity index (χ1v) is 3.15. The molecule has 0 amide bonds. The fourth-order valence-corrected chi connectivity index (χ4v) is 0.400. The van der Waals surface area contributed by atoms with Gasteiger partial charge in [0.25, 0.3) is 0 Å². The van der Waals surface area contributed by atoms with Gasteiger partial charge in [-0.05, 0) is 6.92 Å². The number of nitrogens with zero attached hydrogens (tertiary/aromatic N) is 2. The first kappa shape index (κ1) is 8.70. The van der Waals surface area contributed by atoms with Crippen LogP contribution in [0.4, 0.5) is 0 Å². The number of hydrogen-bond acceptors (Lipinski definition) is 3. The smallest absolute Gasteiger partial charge is 0.141 e. The average Bonchev–Trinajstić information content (AvgIpc) is 2.39. The van der Waals surface area contributed by atoms with Crippen LogP contribution in [0, 0.1) is 18.3 Å². The Kier molecular flexibility index (Phi) is 3.97. The molecule has 0 unspecified atom stereocenters. The maximum atomic E-state index is 8.26. The molecule has 0 saturated carbocycles. The lowest BCUT2D eigenvalue weighted by Crippen LogP contribution is -1.71. The second-order valence-corrected chi connectivity index (χ2v) is 1.43. The third kappa shape index (κ3) is 1.90. The Bertz CT molecular complexity index is 222. The van der Waals surface area contributed by atoms with Crippen LogP contribution in [0.15, 0.2) is 10.8 Å². The SMILES string of the molecule is CC.Cc1nocc1C#N. The van der Waals surface area contributed by atoms with Gasteiger partial charge < -0.3 is 4.52 Å². The lowest BCUT2D eigenvalue weighted by atomic mass is 10.3. The molecule has 1 aromatic rings. The fraction of sp³-hybridized carbons (Fsp3) is 0.429. The number of nitriles is 1. The Morgan fingerprint density at radius 2 is 2.20 bits per heavy atom. The predicted molar refractivity (Wildman–Crippen MR) is 37.3 cm³/mol. The quantitative estimate of drug-likeness (QED) is 0.550. The van der Waals surface area contributed by atoms with Crippen molar-refractivity contribution in [1.29, 1.82) is 5.26 Å². The van der Waals surface area contributed by atoms with Crippen LogP contribution in [-0.4, -0.2) is 5.16 Å². The molecule has 3 heteroatoms. The van der Waals surface area contributed by atoms with Gasteiger partial charge in [0.15, 0.2) is 0 Å². The summed E-state index contributed by atoms with van der Waals surface area (Å²) in [5.74, 6) is 0. The third-order valence-electron chi connectivity index (χ3n) is 0.870. The van der Waals surface area contributed by atoms with Crippen molar-refractivity contribution in [2.45, 2.75) is 20.8 Å². The van der Waals surface area contributed by atoms with E-state index in [1.807, 2.05) is 19.9 Å². The van der Waals surface area contributed by atoms with Crippen LogP contribution < -0.4 is 0 Å². The van der Waals surface area contributed by atoms with Gasteiger partial charge in [-0.25, -0.2) is 0 Å². The minimum absolute atomic E-state index is 0.505. The summed E-state index contributed by atoms with van der Waals surface area (Å²) in [7, 11) is 0. The molecule has 0 spiro atoms. The zero-order valence-corrected chi connectivity index (χ0v) is 6.38. The molecule has 0 aliphatic heterocycles. The largest absolute Gasteiger partial charge is 0.363 e. The summed E-state index contributed by atoms with van der Waals surface area (Å²) in [6.45, 7) is 5.72. The molecular formula is C7H10N2O. The summed E-state index contributed by atoms with van der Waals surface area (Å²) in [4.78, 5) is 0. The lowest BCUT2D eigenvalue weighted by Gasteiger charge is -1.71. The van der Waals surface area contributed by atoms with Crippen molar-refractivity contribution >= 4 is 0 Å². The molecule has 1 rings (SSSR count). The highest BCUT2D eigenvalue weighted by atomic mass is 16.5. The lowest BCUT2D eigenvalue weighted by molar-refractivity contribution is 0.415. The maximum absolute atomic E-state index is 8.26. The first-order chi connectivity index (χ1) is 4.84. The van der Waals surface area contributed by atoms with Crippen molar-refractivity contribution in [3.05, 3.63) is 17.5 Å². The highest BCUT2D eigenvalue weighted by Gasteiger charge is 1.97. The Morgan fingerprint density at radius 1 is 1.60 bits per heavy atom. The molecule has 3 nitrogen and oxygen atoms in total. The van der Waals surface area contributed by atoms with E-state index in [1.54, 1.807) is 6.92 Å². The van der Waals surface area contributed by atoms with Gasteiger partial charge in [-0.1, -0.05) is 19.0 Å². The predicted octanol–water partition coefficient (Wildman–Crippen LogP) is 1.88. The van der Waals surface area contributed by atoms with Crippen molar-refractivity contribution in [1.82, 2.24) is 5.16 Å². The summed E-state index contributed by atoms with van der Waals surface area (Å²) in [6, 6.07) is 1.92. The molecule has 0 atom stereocenters. The van der Waals surface area contributed by atoms with E-state index in [4.69, 9.17) is 5.26 Å². The topological polar surface area (TPSA) is 49.8 Å². The first-order valence-electron chi connectivity index (χ1n) is 3.15. The molecule has 0 aromatic carbocycles. The van der Waals surface area contributed by atoms with E-state index < -0.39 is 0 Å². The molecule has 0 aliphatic carbocycles. The highest BCUT2D eigenvalue weighted by Crippen LogP contribution is 2.00. The monoisotopic (exact) mass is 138 g/mol. The second-order valence-electron chi connectivity index (χ2n) is 1.43. The normalized spacial score (nSPS) is 7.40. The zero-order valence-electron chi connectivity index (χ0n) is 6.38. The summed E-state index contributed by atoms with van der Waals surface area (Å²) in [5.41, 5.74) is 1.15. The van der Waals surface area contributed by atoms with Crippen molar-refractivity contribution in [2.24, 2.45) is 0 Å². The second kappa shape index (κ2) is 4.57. The van der Waals surface area contributed by atoms with Crippen molar-refractivity contribution < 1.29 is 4.52 Å². The molecule has 0 bridgehead atoms. The van der Waals surface area contributed by atoms with E-state index in [9.17, 15) is 0 Å². The summed E-state index contributed by atoms with van der Waals surface area (Å²) >= 11 is 0. The Labute approximate surface area is 60.3 Å². The Morgan fingerprint density at radius 3 is 2.40 bits per heavy atom. The number of hydrogen-bond donors (Lipinski definition) is 0. The molecule has 0 saturated heterocycles. The van der Waals surface area contributed by atoms with Crippen LogP contribution in [0.1, 0.15) is 25.1 Å². The van der Waals surface area contributed by atoms with Crippen molar-refractivity contribution in [2.75, 3.05) is 0 Å². The van der Waals surface area contributed by atoms with Crippen molar-refractivity contribution in [3.8, 4) is 6.07 Å². The van der Waals surface area contributed by atoms with Gasteiger partial charge in [0.1, 0.15) is 17.9 Å². The van der Waals surface area contributed by atoms with Gasteiger partial charge in [-0.15, -0.1) is 0 Å². The van der Waals surface area contributed by atoms with Crippen molar-refractivity contribution in [3.63, 3.8) is 0 Å². The summed E-state index contributed by atoms with van der Waals surface area (Å²) in [5, 5.41) is 11.7. The molecule has 10 heavy (non-hydrogen) atoms. The molecule has 0 radical (unpaired) electrons. The Balaban J connectivity index is 0.000000371. The summed E-state index contributed by atoms with van der Waals surface area (Å²) in [6.07, 6.45) is 1.33. The van der Waals surface area contributed by atoms with Gasteiger partial charge in [0.05, 0.1) is 5.69 Å². The van der Waals surface area contributed by atoms with Gasteiger partial charge >= 0.3 is 0 Å². The number of aromatic nitrogens is 1. The maximum Gasteiger partial charge on any atom is 0.141 e. The minimum Gasteiger partial charge on any atom is -0.363 e. The molecule has 54 valence electrons. The standard InChI is InChI=1S/C5H4N2O.C2H6/c1-4-5(2-6)3-8-7-4;1-2/h3H,1H3;1-2H3. The molecule has 1 heterocycles. The third-order valence-corrected chi connectivity index (χ3v) is 0.870. The Hall–Kier alpha value is -1.30. The summed E-state index contributed by atoms with van der Waals surface area (Å²) < 4.78 is 4.46. The van der Waals surface area contributed by atoms with E-state index in [0.29, 0.717) is 11.3 Å². The van der Waals surface area contributed by atoms with Gasteiger partial charge in [0.2, 0.25) is 0 Å². The van der Waals surface area contributed by atoms with E-state index in [-0.39, 0.29) is 0 Å². The molecule has 0 N–H and O–H groups in total. The van der Waals surface area contributed by atoms with Crippen LogP contribution in [0.5, 0.6) is 0 Å². The molecule has 0 aliphatic rings. The zero-order chi connectivity index (χ0) is 7.98. The van der Waals surface area contributed by atoms with E-state index >= 15 is 0 Å². The van der Waals surface area contributed by atoms with Crippen LogP contribution >= 0.6 is 0 Å². The van der Waals surface area contributed by atoms with Gasteiger partial charge in [-0.2, -0.15) is 5.26 Å². The van der Waals surface area contributed by atoms with E-state index in [1.165, 1.54) is 6.26 Å². The molecule has 1 aromatic heterocycles. The van der Waals surface area contributed by atoms with Crippen LogP contribution in [0.2, 0.25) is 0 Å². The molecule has 0 fully saturated rings. The van der Waals surface area contributed by atoms with Crippen LogP contribution in [0.3, 0.4) is 0 Å². The fourth-order valence-electron chi connectivity index (χ4n) is 0.400. The van der Waals surface area contributed by atoms with Gasteiger partial charge in [-0.3, -0.25) is 0 Å². The van der Waals surface area contributed by atoms with E-state index in [0.717, 1.165) is 0 Å². The highest BCUT2D eigenvalue weighted by molar-refractivity contribution is 5.27. The minimum atomic E-state index is 0.505. The number of rotatable bonds is 0. The number of aryl methyl sites for hydroxylation is 1. The van der Waals surface area contributed by atoms with Crippen LogP contribution in [0.25, 0.3) is 0 Å². The van der Waals surface area contributed by atoms with E-state index in [2.05, 4.69) is 9.68 Å². The van der Waals surface area contributed by atoms with Gasteiger partial charge in [0, 0.05) is 0 Å². The van der Waals surface area contributed by atoms with Crippen LogP contribution in [-0.2, 0) is 0 Å². The average molecular weight is 138 g/mol. The molecular weight excluding hydrogens is 128 g/mol.